The van der Waals surface area contributed by atoms with Crippen LogP contribution in [0.1, 0.15) is 31.4 Å². The maximum Gasteiger partial charge on any atom is 0.330 e. The highest BCUT2D eigenvalue weighted by molar-refractivity contribution is 7.89. The second kappa shape index (κ2) is 9.49. The number of nitrogens with zero attached hydrogens (tertiary/aromatic N) is 2. The summed E-state index contributed by atoms with van der Waals surface area (Å²) in [4.78, 5) is 37.3. The van der Waals surface area contributed by atoms with Gasteiger partial charge in [0, 0.05) is 20.6 Å². The number of rotatable bonds is 8. The maximum absolute atomic E-state index is 13.2. The number of hydrogen-bond donors (Lipinski definition) is 2. The second-order valence-electron chi connectivity index (χ2n) is 7.49. The van der Waals surface area contributed by atoms with Crippen molar-refractivity contribution in [3.8, 4) is 0 Å². The number of hydrogen-bond acceptors (Lipinski definition) is 5. The van der Waals surface area contributed by atoms with Crippen LogP contribution in [0.4, 0.5) is 0 Å². The Hall–Kier alpha value is -3.24. The smallest absolute Gasteiger partial charge is 0.330 e. The number of aryl methyl sites for hydroxylation is 1. The molecule has 1 atom stereocenters. The molecule has 3 aromatic rings. The number of benzene rings is 2. The molecule has 32 heavy (non-hydrogen) atoms. The molecule has 0 fully saturated rings. The van der Waals surface area contributed by atoms with E-state index in [4.69, 9.17) is 0 Å². The minimum atomic E-state index is -4.17. The van der Waals surface area contributed by atoms with Gasteiger partial charge in [0.2, 0.25) is 15.9 Å². The highest BCUT2D eigenvalue weighted by Crippen LogP contribution is 2.20. The highest BCUT2D eigenvalue weighted by atomic mass is 32.2. The maximum atomic E-state index is 13.2. The number of amides is 1. The predicted octanol–water partition coefficient (Wildman–Crippen LogP) is 1.17. The number of carbonyl (C=O) groups is 1. The Bertz CT molecular complexity index is 1360. The van der Waals surface area contributed by atoms with Crippen molar-refractivity contribution in [3.05, 3.63) is 74.9 Å². The number of unbranched alkanes of at least 4 members (excludes halogenated alkanes) is 1. The third-order valence-electron chi connectivity index (χ3n) is 5.25. The SMILES string of the molecule is CCCCNC(=O)[C@H](NS(=O)(=O)c1ccc2c(c1)c(=O)n(C)c(=O)n2C)c1ccccc1. The van der Waals surface area contributed by atoms with Gasteiger partial charge in [-0.2, -0.15) is 4.72 Å². The average molecular weight is 459 g/mol. The fourth-order valence-electron chi connectivity index (χ4n) is 3.37. The Balaban J connectivity index is 2.03. The zero-order valence-corrected chi connectivity index (χ0v) is 19.0. The van der Waals surface area contributed by atoms with Crippen molar-refractivity contribution >= 4 is 26.8 Å². The van der Waals surface area contributed by atoms with Gasteiger partial charge in [0.1, 0.15) is 6.04 Å². The van der Waals surface area contributed by atoms with E-state index < -0.39 is 33.2 Å². The monoisotopic (exact) mass is 458 g/mol. The van der Waals surface area contributed by atoms with Crippen LogP contribution < -0.4 is 21.3 Å². The molecule has 1 aromatic heterocycles. The van der Waals surface area contributed by atoms with Crippen molar-refractivity contribution in [2.45, 2.75) is 30.7 Å². The summed E-state index contributed by atoms with van der Waals surface area (Å²) in [5, 5.41) is 2.84. The molecule has 9 nitrogen and oxygen atoms in total. The Morgan fingerprint density at radius 2 is 1.72 bits per heavy atom. The van der Waals surface area contributed by atoms with Crippen LogP contribution in [0.3, 0.4) is 0 Å². The first-order chi connectivity index (χ1) is 15.2. The number of nitrogens with one attached hydrogen (secondary N) is 2. The summed E-state index contributed by atoms with van der Waals surface area (Å²) in [5.74, 6) is -0.465. The summed E-state index contributed by atoms with van der Waals surface area (Å²) < 4.78 is 31.0. The van der Waals surface area contributed by atoms with Gasteiger partial charge in [-0.25, -0.2) is 13.2 Å². The molecule has 0 saturated heterocycles. The van der Waals surface area contributed by atoms with E-state index in [1.807, 2.05) is 6.92 Å². The summed E-state index contributed by atoms with van der Waals surface area (Å²) in [7, 11) is -1.34. The highest BCUT2D eigenvalue weighted by Gasteiger charge is 2.27. The summed E-state index contributed by atoms with van der Waals surface area (Å²) in [6, 6.07) is 11.3. The van der Waals surface area contributed by atoms with Gasteiger partial charge >= 0.3 is 5.69 Å². The molecule has 2 aromatic carbocycles. The van der Waals surface area contributed by atoms with Crippen LogP contribution in [0.25, 0.3) is 10.9 Å². The summed E-state index contributed by atoms with van der Waals surface area (Å²) >= 11 is 0. The quantitative estimate of drug-likeness (QED) is 0.491. The van der Waals surface area contributed by atoms with Crippen molar-refractivity contribution in [2.24, 2.45) is 14.1 Å². The van der Waals surface area contributed by atoms with Gasteiger partial charge in [-0.1, -0.05) is 43.7 Å². The van der Waals surface area contributed by atoms with Crippen LogP contribution in [0.2, 0.25) is 0 Å². The third-order valence-corrected chi connectivity index (χ3v) is 6.67. The minimum absolute atomic E-state index is 0.0844. The van der Waals surface area contributed by atoms with Crippen LogP contribution in [-0.2, 0) is 28.9 Å². The van der Waals surface area contributed by atoms with E-state index in [9.17, 15) is 22.8 Å². The van der Waals surface area contributed by atoms with Crippen molar-refractivity contribution in [1.82, 2.24) is 19.2 Å². The molecule has 0 bridgehead atoms. The van der Waals surface area contributed by atoms with Crippen LogP contribution in [0.15, 0.2) is 63.0 Å². The molecule has 0 saturated carbocycles. The molecule has 0 aliphatic carbocycles. The van der Waals surface area contributed by atoms with Gasteiger partial charge in [0.15, 0.2) is 0 Å². The molecule has 0 aliphatic rings. The number of fused-ring (bicyclic) bond motifs is 1. The first-order valence-electron chi connectivity index (χ1n) is 10.2. The van der Waals surface area contributed by atoms with E-state index in [1.54, 1.807) is 30.3 Å². The Morgan fingerprint density at radius 3 is 2.38 bits per heavy atom. The molecular weight excluding hydrogens is 432 g/mol. The third kappa shape index (κ3) is 4.66. The zero-order valence-electron chi connectivity index (χ0n) is 18.2. The standard InChI is InChI=1S/C22H26N4O5S/c1-4-5-13-23-20(27)19(15-9-7-6-8-10-15)24-32(30,31)16-11-12-18-17(14-16)21(28)26(3)22(29)25(18)2/h6-12,14,19,24H,4-5,13H2,1-3H3,(H,23,27)/t19-/m1/s1. The molecular formula is C22H26N4O5S. The van der Waals surface area contributed by atoms with Gasteiger partial charge in [-0.3, -0.25) is 18.7 Å². The van der Waals surface area contributed by atoms with E-state index in [0.29, 0.717) is 17.6 Å². The Kier molecular flexibility index (Phi) is 6.95. The van der Waals surface area contributed by atoms with Gasteiger partial charge in [-0.15, -0.1) is 0 Å². The van der Waals surface area contributed by atoms with Crippen molar-refractivity contribution in [3.63, 3.8) is 0 Å². The first kappa shape index (κ1) is 23.4. The lowest BCUT2D eigenvalue weighted by Crippen LogP contribution is -2.41. The number of carbonyl (C=O) groups excluding carboxylic acids is 1. The molecule has 1 heterocycles. The molecule has 1 amide bonds. The van der Waals surface area contributed by atoms with Gasteiger partial charge < -0.3 is 5.32 Å². The van der Waals surface area contributed by atoms with E-state index in [2.05, 4.69) is 10.0 Å². The predicted molar refractivity (Wildman–Crippen MR) is 122 cm³/mol. The summed E-state index contributed by atoms with van der Waals surface area (Å²) in [6.07, 6.45) is 1.66. The molecule has 0 aliphatic heterocycles. The Labute approximate surface area is 185 Å². The summed E-state index contributed by atoms with van der Waals surface area (Å²) in [6.45, 7) is 2.42. The van der Waals surface area contributed by atoms with E-state index in [0.717, 1.165) is 17.4 Å². The molecule has 0 spiro atoms. The lowest BCUT2D eigenvalue weighted by atomic mass is 10.1. The zero-order chi connectivity index (χ0) is 23.5. The molecule has 0 radical (unpaired) electrons. The largest absolute Gasteiger partial charge is 0.354 e. The number of aromatic nitrogens is 2. The molecule has 3 rings (SSSR count). The van der Waals surface area contributed by atoms with Crippen LogP contribution in [0.5, 0.6) is 0 Å². The Morgan fingerprint density at radius 1 is 1.03 bits per heavy atom. The minimum Gasteiger partial charge on any atom is -0.354 e. The first-order valence-corrected chi connectivity index (χ1v) is 11.7. The molecule has 2 N–H and O–H groups in total. The molecule has 170 valence electrons. The lowest BCUT2D eigenvalue weighted by Gasteiger charge is -2.19. The summed E-state index contributed by atoms with van der Waals surface area (Å²) in [5.41, 5.74) is -0.306. The van der Waals surface area contributed by atoms with Crippen molar-refractivity contribution in [2.75, 3.05) is 6.54 Å². The normalized spacial score (nSPS) is 12.6. The average Bonchev–Trinajstić information content (AvgIpc) is 2.80. The second-order valence-corrected chi connectivity index (χ2v) is 9.21. The molecule has 10 heteroatoms. The van der Waals surface area contributed by atoms with Gasteiger partial charge in [0.25, 0.3) is 5.56 Å². The van der Waals surface area contributed by atoms with Crippen LogP contribution >= 0.6 is 0 Å². The van der Waals surface area contributed by atoms with Crippen molar-refractivity contribution in [1.29, 1.82) is 0 Å². The van der Waals surface area contributed by atoms with Gasteiger partial charge in [-0.05, 0) is 30.2 Å². The van der Waals surface area contributed by atoms with E-state index in [-0.39, 0.29) is 10.3 Å². The fourth-order valence-corrected chi connectivity index (χ4v) is 4.58. The van der Waals surface area contributed by atoms with Crippen molar-refractivity contribution < 1.29 is 13.2 Å². The topological polar surface area (TPSA) is 119 Å². The van der Waals surface area contributed by atoms with E-state index >= 15 is 0 Å². The van der Waals surface area contributed by atoms with Gasteiger partial charge in [0.05, 0.1) is 15.8 Å². The van der Waals surface area contributed by atoms with Crippen LogP contribution in [-0.4, -0.2) is 30.0 Å². The molecule has 0 unspecified atom stereocenters. The fraction of sp³-hybridized carbons (Fsp3) is 0.318. The lowest BCUT2D eigenvalue weighted by molar-refractivity contribution is -0.122. The van der Waals surface area contributed by atoms with Crippen LogP contribution in [0, 0.1) is 0 Å². The number of sulfonamides is 1. The van der Waals surface area contributed by atoms with E-state index in [1.165, 1.54) is 36.9 Å².